The number of aromatic amines is 1. The summed E-state index contributed by atoms with van der Waals surface area (Å²) < 4.78 is 3.67. The van der Waals surface area contributed by atoms with E-state index in [4.69, 9.17) is 5.73 Å². The number of hydrogen-bond acceptors (Lipinski definition) is 6. The van der Waals surface area contributed by atoms with E-state index in [0.29, 0.717) is 22.1 Å². The second kappa shape index (κ2) is 3.65. The molecular formula is C7H8N6OS. The van der Waals surface area contributed by atoms with Crippen LogP contribution in [0.4, 0.5) is 11.5 Å². The van der Waals surface area contributed by atoms with Gasteiger partial charge in [-0.3, -0.25) is 9.89 Å². The maximum absolute atomic E-state index is 11.7. The van der Waals surface area contributed by atoms with Crippen molar-refractivity contribution >= 4 is 28.9 Å². The average Bonchev–Trinajstić information content (AvgIpc) is 2.76. The lowest BCUT2D eigenvalue weighted by Crippen LogP contribution is -2.12. The molecule has 0 fully saturated rings. The van der Waals surface area contributed by atoms with Crippen molar-refractivity contribution in [2.24, 2.45) is 0 Å². The number of amides is 1. The predicted molar refractivity (Wildman–Crippen MR) is 55.6 cm³/mol. The number of carbonyl (C=O) groups is 1. The highest BCUT2D eigenvalue weighted by Gasteiger charge is 2.14. The predicted octanol–water partition coefficient (Wildman–Crippen LogP) is 0.404. The number of aromatic nitrogens is 4. The van der Waals surface area contributed by atoms with E-state index in [1.54, 1.807) is 6.92 Å². The molecule has 7 nitrogen and oxygen atoms in total. The number of nitrogens with two attached hydrogens (primary N) is 1. The molecule has 2 heterocycles. The lowest BCUT2D eigenvalue weighted by Gasteiger charge is -2.00. The molecule has 0 atom stereocenters. The number of H-pyrrole nitrogens is 1. The van der Waals surface area contributed by atoms with Crippen molar-refractivity contribution < 1.29 is 4.79 Å². The number of anilines is 2. The number of carbonyl (C=O) groups excluding carboxylic acids is 1. The van der Waals surface area contributed by atoms with Crippen LogP contribution in [0, 0.1) is 6.92 Å². The third-order valence-corrected chi connectivity index (χ3v) is 2.59. The van der Waals surface area contributed by atoms with E-state index in [1.807, 2.05) is 0 Å². The molecule has 0 aliphatic carbocycles. The molecule has 0 aliphatic rings. The van der Waals surface area contributed by atoms with Crippen LogP contribution in [0.2, 0.25) is 0 Å². The summed E-state index contributed by atoms with van der Waals surface area (Å²) in [4.78, 5) is 12.1. The molecule has 0 unspecified atom stereocenters. The van der Waals surface area contributed by atoms with Crippen molar-refractivity contribution in [3.8, 4) is 0 Å². The van der Waals surface area contributed by atoms with Crippen molar-refractivity contribution in [2.75, 3.05) is 11.1 Å². The second-order valence-electron chi connectivity index (χ2n) is 2.84. The molecule has 2 aromatic rings. The molecule has 0 aliphatic heterocycles. The molecule has 0 spiro atoms. The first-order chi connectivity index (χ1) is 7.18. The molecule has 0 radical (unpaired) electrons. The maximum atomic E-state index is 11.7. The fraction of sp³-hybridized carbons (Fsp3) is 0.143. The number of aryl methyl sites for hydroxylation is 1. The normalized spacial score (nSPS) is 10.2. The molecule has 1 amide bonds. The van der Waals surface area contributed by atoms with E-state index in [2.05, 4.69) is 25.1 Å². The van der Waals surface area contributed by atoms with E-state index in [9.17, 15) is 4.79 Å². The summed E-state index contributed by atoms with van der Waals surface area (Å²) in [6.07, 6.45) is 1.42. The summed E-state index contributed by atoms with van der Waals surface area (Å²) in [5, 5.41) is 12.6. The van der Waals surface area contributed by atoms with Gasteiger partial charge in [0.1, 0.15) is 4.88 Å². The van der Waals surface area contributed by atoms with Crippen LogP contribution in [0.25, 0.3) is 0 Å². The number of nitrogens with zero attached hydrogens (tertiary/aromatic N) is 3. The highest BCUT2D eigenvalue weighted by atomic mass is 32.1. The average molecular weight is 224 g/mol. The number of nitrogens with one attached hydrogen (secondary N) is 2. The Kier molecular flexibility index (Phi) is 2.34. The Hall–Kier alpha value is -1.96. The zero-order valence-electron chi connectivity index (χ0n) is 7.81. The van der Waals surface area contributed by atoms with E-state index < -0.39 is 0 Å². The van der Waals surface area contributed by atoms with Gasteiger partial charge in [-0.05, 0) is 18.5 Å². The minimum atomic E-state index is -0.293. The van der Waals surface area contributed by atoms with Crippen LogP contribution < -0.4 is 11.1 Å². The van der Waals surface area contributed by atoms with E-state index >= 15 is 0 Å². The van der Waals surface area contributed by atoms with Gasteiger partial charge in [0.15, 0.2) is 5.82 Å². The van der Waals surface area contributed by atoms with E-state index in [-0.39, 0.29) is 5.91 Å². The van der Waals surface area contributed by atoms with Crippen LogP contribution >= 0.6 is 11.5 Å². The van der Waals surface area contributed by atoms with Gasteiger partial charge in [0.25, 0.3) is 5.91 Å². The van der Waals surface area contributed by atoms with Crippen LogP contribution in [-0.4, -0.2) is 25.7 Å². The van der Waals surface area contributed by atoms with Gasteiger partial charge in [0, 0.05) is 0 Å². The standard InChI is InChI=1S/C7H8N6OS/c1-3-5(15-13-11-3)7(14)10-6-4(8)2-9-12-6/h2H,8H2,1H3,(H2,9,10,12,14). The first-order valence-corrected chi connectivity index (χ1v) is 4.85. The molecule has 0 saturated heterocycles. The molecule has 15 heavy (non-hydrogen) atoms. The number of rotatable bonds is 2. The Bertz CT molecular complexity index is 489. The first-order valence-electron chi connectivity index (χ1n) is 4.07. The van der Waals surface area contributed by atoms with Gasteiger partial charge in [0.2, 0.25) is 0 Å². The highest BCUT2D eigenvalue weighted by Crippen LogP contribution is 2.16. The monoisotopic (exact) mass is 224 g/mol. The summed E-state index contributed by atoms with van der Waals surface area (Å²) in [6, 6.07) is 0. The van der Waals surface area contributed by atoms with Gasteiger partial charge < -0.3 is 11.1 Å². The van der Waals surface area contributed by atoms with Gasteiger partial charge in [0.05, 0.1) is 17.6 Å². The Morgan fingerprint density at radius 3 is 3.00 bits per heavy atom. The molecule has 0 bridgehead atoms. The van der Waals surface area contributed by atoms with Gasteiger partial charge in [-0.1, -0.05) is 4.49 Å². The van der Waals surface area contributed by atoms with Crippen LogP contribution in [0.1, 0.15) is 15.4 Å². The molecule has 2 aromatic heterocycles. The zero-order chi connectivity index (χ0) is 10.8. The fourth-order valence-electron chi connectivity index (χ4n) is 1.01. The Labute approximate surface area is 88.9 Å². The smallest absolute Gasteiger partial charge is 0.270 e. The largest absolute Gasteiger partial charge is 0.394 e. The van der Waals surface area contributed by atoms with E-state index in [0.717, 1.165) is 11.5 Å². The first kappa shape index (κ1) is 9.59. The van der Waals surface area contributed by atoms with Crippen LogP contribution in [0.5, 0.6) is 0 Å². The quantitative estimate of drug-likeness (QED) is 0.684. The molecule has 0 saturated carbocycles. The third kappa shape index (κ3) is 1.79. The summed E-state index contributed by atoms with van der Waals surface area (Å²) in [6.45, 7) is 1.72. The molecule has 0 aromatic carbocycles. The van der Waals surface area contributed by atoms with Gasteiger partial charge in [-0.15, -0.1) is 5.10 Å². The molecular weight excluding hydrogens is 216 g/mol. The Balaban J connectivity index is 2.18. The summed E-state index contributed by atoms with van der Waals surface area (Å²) >= 11 is 1.04. The van der Waals surface area contributed by atoms with Crippen molar-refractivity contribution in [2.45, 2.75) is 6.92 Å². The molecule has 2 rings (SSSR count). The van der Waals surface area contributed by atoms with Crippen LogP contribution in [0.3, 0.4) is 0 Å². The minimum Gasteiger partial charge on any atom is -0.394 e. The van der Waals surface area contributed by atoms with Crippen molar-refractivity contribution in [3.05, 3.63) is 16.8 Å². The lowest BCUT2D eigenvalue weighted by molar-refractivity contribution is 0.102. The van der Waals surface area contributed by atoms with Crippen LogP contribution in [0.15, 0.2) is 6.20 Å². The minimum absolute atomic E-state index is 0.293. The topological polar surface area (TPSA) is 110 Å². The third-order valence-electron chi connectivity index (χ3n) is 1.76. The van der Waals surface area contributed by atoms with Crippen molar-refractivity contribution in [3.63, 3.8) is 0 Å². The van der Waals surface area contributed by atoms with Gasteiger partial charge in [-0.25, -0.2) is 0 Å². The van der Waals surface area contributed by atoms with Crippen molar-refractivity contribution in [1.82, 2.24) is 19.8 Å². The number of hydrogen-bond donors (Lipinski definition) is 3. The Morgan fingerprint density at radius 1 is 1.67 bits per heavy atom. The van der Waals surface area contributed by atoms with Crippen molar-refractivity contribution in [1.29, 1.82) is 0 Å². The van der Waals surface area contributed by atoms with E-state index in [1.165, 1.54) is 6.20 Å². The lowest BCUT2D eigenvalue weighted by atomic mass is 10.4. The summed E-state index contributed by atoms with van der Waals surface area (Å²) in [5.41, 5.74) is 6.52. The molecule has 4 N–H and O–H groups in total. The van der Waals surface area contributed by atoms with Crippen LogP contribution in [-0.2, 0) is 0 Å². The fourth-order valence-corrected chi connectivity index (χ4v) is 1.56. The highest BCUT2D eigenvalue weighted by molar-refractivity contribution is 7.08. The zero-order valence-corrected chi connectivity index (χ0v) is 8.63. The van der Waals surface area contributed by atoms with Gasteiger partial charge >= 0.3 is 0 Å². The summed E-state index contributed by atoms with van der Waals surface area (Å²) in [7, 11) is 0. The SMILES string of the molecule is Cc1nnsc1C(=O)Nc1[nH]ncc1N. The Morgan fingerprint density at radius 2 is 2.47 bits per heavy atom. The molecule has 78 valence electrons. The number of nitrogen functional groups attached to an aromatic ring is 1. The summed E-state index contributed by atoms with van der Waals surface area (Å²) in [5.74, 6) is 0.0891. The maximum Gasteiger partial charge on any atom is 0.270 e. The van der Waals surface area contributed by atoms with Gasteiger partial charge in [-0.2, -0.15) is 5.10 Å². The second-order valence-corrected chi connectivity index (χ2v) is 3.60. The molecule has 8 heteroatoms.